The molecule has 0 saturated carbocycles. The highest BCUT2D eigenvalue weighted by molar-refractivity contribution is 4.63. The molecule has 74 valence electrons. The quantitative estimate of drug-likeness (QED) is 0.654. The van der Waals surface area contributed by atoms with Crippen molar-refractivity contribution >= 4 is 0 Å². The van der Waals surface area contributed by atoms with Crippen LogP contribution in [0.15, 0.2) is 0 Å². The molecule has 0 aromatic carbocycles. The Morgan fingerprint density at radius 3 is 2.25 bits per heavy atom. The smallest absolute Gasteiger partial charge is 0.00356 e. The zero-order valence-corrected chi connectivity index (χ0v) is 9.22. The molecule has 0 fully saturated rings. The second kappa shape index (κ2) is 6.44. The fourth-order valence-corrected chi connectivity index (χ4v) is 1.16. The van der Waals surface area contributed by atoms with Gasteiger partial charge in [0.1, 0.15) is 0 Å². The van der Waals surface area contributed by atoms with Crippen molar-refractivity contribution in [2.24, 2.45) is 5.92 Å². The normalized spacial score (nSPS) is 14.2. The fourth-order valence-electron chi connectivity index (χ4n) is 1.16. The molecular weight excluding hydrogens is 148 g/mol. The molecule has 0 rings (SSSR count). The maximum atomic E-state index is 3.37. The van der Waals surface area contributed by atoms with Crippen LogP contribution in [0.3, 0.4) is 0 Å². The first-order valence-electron chi connectivity index (χ1n) is 4.98. The van der Waals surface area contributed by atoms with Crippen LogP contribution in [0.1, 0.15) is 27.7 Å². The molecule has 0 heterocycles. The maximum Gasteiger partial charge on any atom is 0.00356 e. The van der Waals surface area contributed by atoms with Crippen molar-refractivity contribution in [3.8, 4) is 0 Å². The monoisotopic (exact) mass is 172 g/mol. The summed E-state index contributed by atoms with van der Waals surface area (Å²) in [6.07, 6.45) is 0. The molecule has 0 aliphatic rings. The lowest BCUT2D eigenvalue weighted by Crippen LogP contribution is -2.34. The van der Waals surface area contributed by atoms with Gasteiger partial charge in [-0.25, -0.2) is 0 Å². The molecule has 12 heavy (non-hydrogen) atoms. The van der Waals surface area contributed by atoms with Gasteiger partial charge in [0.05, 0.1) is 0 Å². The van der Waals surface area contributed by atoms with E-state index in [9.17, 15) is 0 Å². The summed E-state index contributed by atoms with van der Waals surface area (Å²) in [6.45, 7) is 12.3. The summed E-state index contributed by atoms with van der Waals surface area (Å²) in [5.74, 6) is 0.748. The molecule has 1 N–H and O–H groups in total. The number of nitrogens with zero attached hydrogens (tertiary/aromatic N) is 1. The third kappa shape index (κ3) is 5.56. The summed E-state index contributed by atoms with van der Waals surface area (Å²) in [4.78, 5) is 2.39. The summed E-state index contributed by atoms with van der Waals surface area (Å²) in [7, 11) is 2.19. The van der Waals surface area contributed by atoms with Crippen molar-refractivity contribution in [3.63, 3.8) is 0 Å². The number of rotatable bonds is 6. The van der Waals surface area contributed by atoms with Crippen LogP contribution in [0, 0.1) is 5.92 Å². The van der Waals surface area contributed by atoms with E-state index in [0.29, 0.717) is 6.04 Å². The van der Waals surface area contributed by atoms with E-state index in [2.05, 4.69) is 45.0 Å². The van der Waals surface area contributed by atoms with Gasteiger partial charge in [-0.3, -0.25) is 0 Å². The second-order valence-electron chi connectivity index (χ2n) is 3.95. The van der Waals surface area contributed by atoms with E-state index in [1.165, 1.54) is 6.54 Å². The van der Waals surface area contributed by atoms with Crippen LogP contribution in [0.4, 0.5) is 0 Å². The molecule has 1 unspecified atom stereocenters. The lowest BCUT2D eigenvalue weighted by molar-refractivity contribution is 0.235. The first-order chi connectivity index (χ1) is 5.57. The summed E-state index contributed by atoms with van der Waals surface area (Å²) in [5.41, 5.74) is 0. The van der Waals surface area contributed by atoms with E-state index in [0.717, 1.165) is 19.0 Å². The molecule has 0 bridgehead atoms. The van der Waals surface area contributed by atoms with Crippen molar-refractivity contribution in [2.75, 3.05) is 26.7 Å². The topological polar surface area (TPSA) is 15.3 Å². The van der Waals surface area contributed by atoms with Gasteiger partial charge in [0.25, 0.3) is 0 Å². The Bertz CT molecular complexity index is 102. The van der Waals surface area contributed by atoms with E-state index in [4.69, 9.17) is 0 Å². The number of hydrogen-bond donors (Lipinski definition) is 1. The van der Waals surface area contributed by atoms with Crippen LogP contribution in [0.5, 0.6) is 0 Å². The van der Waals surface area contributed by atoms with Crippen LogP contribution in [-0.2, 0) is 0 Å². The molecule has 0 amide bonds. The van der Waals surface area contributed by atoms with Crippen molar-refractivity contribution in [2.45, 2.75) is 33.7 Å². The van der Waals surface area contributed by atoms with E-state index in [1.807, 2.05) is 0 Å². The first-order valence-corrected chi connectivity index (χ1v) is 4.98. The van der Waals surface area contributed by atoms with E-state index in [-0.39, 0.29) is 0 Å². The summed E-state index contributed by atoms with van der Waals surface area (Å²) >= 11 is 0. The van der Waals surface area contributed by atoms with Crippen LogP contribution in [-0.4, -0.2) is 37.6 Å². The van der Waals surface area contributed by atoms with Gasteiger partial charge >= 0.3 is 0 Å². The fraction of sp³-hybridized carbons (Fsp3) is 1.00. The Hall–Kier alpha value is -0.0800. The predicted octanol–water partition coefficient (Wildman–Crippen LogP) is 1.57. The average Bonchev–Trinajstić information content (AvgIpc) is 2.00. The minimum Gasteiger partial charge on any atom is -0.317 e. The highest BCUT2D eigenvalue weighted by atomic mass is 15.1. The largest absolute Gasteiger partial charge is 0.317 e. The minimum absolute atomic E-state index is 0.661. The number of nitrogens with one attached hydrogen (secondary N) is 1. The van der Waals surface area contributed by atoms with Crippen molar-refractivity contribution < 1.29 is 0 Å². The van der Waals surface area contributed by atoms with Gasteiger partial charge in [-0.2, -0.15) is 0 Å². The van der Waals surface area contributed by atoms with E-state index < -0.39 is 0 Å². The SMILES string of the molecule is CCNCC(C)CN(C)C(C)C. The Labute approximate surface area is 77.3 Å². The highest BCUT2D eigenvalue weighted by Crippen LogP contribution is 2.00. The molecule has 0 radical (unpaired) electrons. The predicted molar refractivity (Wildman–Crippen MR) is 55.5 cm³/mol. The Balaban J connectivity index is 3.47. The van der Waals surface area contributed by atoms with Gasteiger partial charge in [-0.15, -0.1) is 0 Å². The van der Waals surface area contributed by atoms with E-state index in [1.54, 1.807) is 0 Å². The van der Waals surface area contributed by atoms with Gasteiger partial charge < -0.3 is 10.2 Å². The summed E-state index contributed by atoms with van der Waals surface area (Å²) in [5, 5.41) is 3.37. The Morgan fingerprint density at radius 2 is 1.83 bits per heavy atom. The number of hydrogen-bond acceptors (Lipinski definition) is 2. The Kier molecular flexibility index (Phi) is 6.39. The molecule has 0 aliphatic carbocycles. The molecule has 2 heteroatoms. The molecule has 2 nitrogen and oxygen atoms in total. The summed E-state index contributed by atoms with van der Waals surface area (Å²) in [6, 6.07) is 0.661. The molecule has 0 saturated heterocycles. The summed E-state index contributed by atoms with van der Waals surface area (Å²) < 4.78 is 0. The molecule has 0 aliphatic heterocycles. The zero-order chi connectivity index (χ0) is 9.56. The van der Waals surface area contributed by atoms with Gasteiger partial charge in [0.15, 0.2) is 0 Å². The first kappa shape index (κ1) is 11.9. The molecular formula is C10H24N2. The van der Waals surface area contributed by atoms with Gasteiger partial charge in [-0.1, -0.05) is 13.8 Å². The molecule has 0 spiro atoms. The Morgan fingerprint density at radius 1 is 1.25 bits per heavy atom. The zero-order valence-electron chi connectivity index (χ0n) is 9.22. The van der Waals surface area contributed by atoms with Gasteiger partial charge in [-0.05, 0) is 39.9 Å². The lowest BCUT2D eigenvalue weighted by atomic mass is 10.1. The molecule has 0 aromatic heterocycles. The average molecular weight is 172 g/mol. The van der Waals surface area contributed by atoms with Crippen LogP contribution < -0.4 is 5.32 Å². The van der Waals surface area contributed by atoms with Crippen LogP contribution >= 0.6 is 0 Å². The maximum absolute atomic E-state index is 3.37. The second-order valence-corrected chi connectivity index (χ2v) is 3.95. The standard InChI is InChI=1S/C10H24N2/c1-6-11-7-10(4)8-12(5)9(2)3/h9-11H,6-8H2,1-5H3. The molecule has 1 atom stereocenters. The van der Waals surface area contributed by atoms with E-state index >= 15 is 0 Å². The van der Waals surface area contributed by atoms with Crippen molar-refractivity contribution in [1.82, 2.24) is 10.2 Å². The van der Waals surface area contributed by atoms with Gasteiger partial charge in [0, 0.05) is 12.6 Å². The van der Waals surface area contributed by atoms with Crippen LogP contribution in [0.25, 0.3) is 0 Å². The molecule has 0 aromatic rings. The van der Waals surface area contributed by atoms with Crippen molar-refractivity contribution in [1.29, 1.82) is 0 Å². The highest BCUT2D eigenvalue weighted by Gasteiger charge is 2.07. The van der Waals surface area contributed by atoms with Crippen LogP contribution in [0.2, 0.25) is 0 Å². The third-order valence-electron chi connectivity index (χ3n) is 2.22. The third-order valence-corrected chi connectivity index (χ3v) is 2.22. The minimum atomic E-state index is 0.661. The van der Waals surface area contributed by atoms with Crippen molar-refractivity contribution in [3.05, 3.63) is 0 Å². The van der Waals surface area contributed by atoms with Gasteiger partial charge in [0.2, 0.25) is 0 Å². The lowest BCUT2D eigenvalue weighted by Gasteiger charge is -2.24.